The molecule has 1 aromatic heterocycles. The van der Waals surface area contributed by atoms with Crippen LogP contribution in [-0.2, 0) is 14.8 Å². The lowest BCUT2D eigenvalue weighted by molar-refractivity contribution is -0.184. The maximum atomic E-state index is 13.0. The average Bonchev–Trinajstić information content (AvgIpc) is 3.46. The number of aliphatic hydroxyl groups excluding tert-OH is 3. The fourth-order valence-electron chi connectivity index (χ4n) is 5.11. The van der Waals surface area contributed by atoms with E-state index in [1.165, 1.54) is 17.0 Å². The molecule has 2 fully saturated rings. The summed E-state index contributed by atoms with van der Waals surface area (Å²) in [6.07, 6.45) is -5.26. The van der Waals surface area contributed by atoms with Crippen LogP contribution in [0.25, 0.3) is 26.8 Å². The van der Waals surface area contributed by atoms with Crippen LogP contribution in [0.2, 0.25) is 0 Å². The SMILES string of the molecule is C/C(=C(/C#N)S(=O)(=O)NC[C@H]1OC[C@H](O)[C@@H](O)[C@@H]1O)c1ccc(-c2ccc3cc(N4CCN(C)CC4)ccc3c2)s1. The Morgan fingerprint density at radius 1 is 1.05 bits per heavy atom. The van der Waals surface area contributed by atoms with Gasteiger partial charge < -0.3 is 29.9 Å². The predicted molar refractivity (Wildman–Crippen MR) is 160 cm³/mol. The van der Waals surface area contributed by atoms with Crippen molar-refractivity contribution in [3.8, 4) is 16.5 Å². The van der Waals surface area contributed by atoms with Crippen molar-refractivity contribution in [2.24, 2.45) is 0 Å². The normalized spacial score (nSPS) is 24.7. The number of hydrogen-bond acceptors (Lipinski definition) is 10. The Morgan fingerprint density at radius 3 is 2.49 bits per heavy atom. The molecule has 0 aliphatic carbocycles. The Labute approximate surface area is 243 Å². The first-order chi connectivity index (χ1) is 19.6. The summed E-state index contributed by atoms with van der Waals surface area (Å²) < 4.78 is 33.6. The lowest BCUT2D eigenvalue weighted by atomic mass is 10.0. The summed E-state index contributed by atoms with van der Waals surface area (Å²) in [7, 11) is -2.10. The molecular formula is C29H34N4O6S2. The van der Waals surface area contributed by atoms with Crippen LogP contribution in [0.15, 0.2) is 53.4 Å². The molecule has 3 aromatic rings. The molecule has 5 rings (SSSR count). The molecular weight excluding hydrogens is 564 g/mol. The highest BCUT2D eigenvalue weighted by Crippen LogP contribution is 2.35. The van der Waals surface area contributed by atoms with Crippen molar-refractivity contribution in [1.82, 2.24) is 9.62 Å². The number of hydrogen-bond donors (Lipinski definition) is 4. The predicted octanol–water partition coefficient (Wildman–Crippen LogP) is 1.98. The van der Waals surface area contributed by atoms with E-state index in [0.29, 0.717) is 10.5 Å². The molecule has 41 heavy (non-hydrogen) atoms. The molecule has 2 aliphatic rings. The van der Waals surface area contributed by atoms with E-state index in [2.05, 4.69) is 58.0 Å². The van der Waals surface area contributed by atoms with Crippen molar-refractivity contribution < 1.29 is 28.5 Å². The maximum absolute atomic E-state index is 13.0. The number of allylic oxidation sites excluding steroid dienone is 2. The van der Waals surface area contributed by atoms with E-state index in [1.54, 1.807) is 19.1 Å². The minimum atomic E-state index is -4.24. The zero-order valence-corrected chi connectivity index (χ0v) is 24.5. The Balaban J connectivity index is 1.32. The maximum Gasteiger partial charge on any atom is 0.251 e. The van der Waals surface area contributed by atoms with Crippen LogP contribution in [0.5, 0.6) is 0 Å². The van der Waals surface area contributed by atoms with Crippen LogP contribution in [0.4, 0.5) is 5.69 Å². The zero-order chi connectivity index (χ0) is 29.3. The molecule has 0 bridgehead atoms. The summed E-state index contributed by atoms with van der Waals surface area (Å²) in [5.41, 5.74) is 2.52. The molecule has 3 heterocycles. The molecule has 4 N–H and O–H groups in total. The molecule has 4 atom stereocenters. The first-order valence-electron chi connectivity index (χ1n) is 13.4. The molecule has 12 heteroatoms. The number of ether oxygens (including phenoxy) is 1. The van der Waals surface area contributed by atoms with Crippen molar-refractivity contribution in [3.63, 3.8) is 0 Å². The molecule has 0 amide bonds. The second kappa shape index (κ2) is 12.2. The van der Waals surface area contributed by atoms with Gasteiger partial charge in [0.15, 0.2) is 4.91 Å². The number of sulfonamides is 1. The van der Waals surface area contributed by atoms with Gasteiger partial charge in [0.1, 0.15) is 24.4 Å². The molecule has 2 saturated heterocycles. The minimum Gasteiger partial charge on any atom is -0.388 e. The number of rotatable bonds is 7. The lowest BCUT2D eigenvalue weighted by Crippen LogP contribution is -2.56. The summed E-state index contributed by atoms with van der Waals surface area (Å²) in [5, 5.41) is 41.5. The van der Waals surface area contributed by atoms with Crippen molar-refractivity contribution in [1.29, 1.82) is 5.26 Å². The smallest absolute Gasteiger partial charge is 0.251 e. The van der Waals surface area contributed by atoms with Crippen LogP contribution in [0.1, 0.15) is 11.8 Å². The highest BCUT2D eigenvalue weighted by molar-refractivity contribution is 7.93. The zero-order valence-electron chi connectivity index (χ0n) is 22.9. The summed E-state index contributed by atoms with van der Waals surface area (Å²) in [6, 6.07) is 18.3. The summed E-state index contributed by atoms with van der Waals surface area (Å²) in [5.74, 6) is 0. The van der Waals surface area contributed by atoms with Gasteiger partial charge in [-0.05, 0) is 66.2 Å². The number of likely N-dealkylation sites (N-methyl/N-ethyl adjacent to an activating group) is 1. The summed E-state index contributed by atoms with van der Waals surface area (Å²) >= 11 is 1.40. The first kappa shape index (κ1) is 29.6. The molecule has 0 saturated carbocycles. The average molecular weight is 599 g/mol. The van der Waals surface area contributed by atoms with Gasteiger partial charge in [-0.25, -0.2) is 13.1 Å². The number of benzene rings is 2. The van der Waals surface area contributed by atoms with Gasteiger partial charge in [0.05, 0.1) is 12.7 Å². The van der Waals surface area contributed by atoms with E-state index in [9.17, 15) is 29.0 Å². The number of anilines is 1. The first-order valence-corrected chi connectivity index (χ1v) is 15.7. The Hall–Kier alpha value is -2.86. The van der Waals surface area contributed by atoms with E-state index in [1.807, 2.05) is 6.07 Å². The number of fused-ring (bicyclic) bond motifs is 1. The second-order valence-corrected chi connectivity index (χ2v) is 13.3. The van der Waals surface area contributed by atoms with Gasteiger partial charge in [0.2, 0.25) is 0 Å². The molecule has 0 radical (unpaired) electrons. The third-order valence-corrected chi connectivity index (χ3v) is 10.5. The van der Waals surface area contributed by atoms with Gasteiger partial charge in [-0.3, -0.25) is 0 Å². The lowest BCUT2D eigenvalue weighted by Gasteiger charge is -2.35. The van der Waals surface area contributed by atoms with Crippen LogP contribution < -0.4 is 9.62 Å². The summed E-state index contributed by atoms with van der Waals surface area (Å²) in [6.45, 7) is 5.08. The number of piperazine rings is 1. The molecule has 2 aliphatic heterocycles. The topological polar surface area (TPSA) is 146 Å². The van der Waals surface area contributed by atoms with Crippen LogP contribution in [0.3, 0.4) is 0 Å². The van der Waals surface area contributed by atoms with E-state index in [4.69, 9.17) is 4.74 Å². The van der Waals surface area contributed by atoms with Crippen LogP contribution >= 0.6 is 11.3 Å². The molecule has 10 nitrogen and oxygen atoms in total. The van der Waals surface area contributed by atoms with E-state index < -0.39 is 39.3 Å². The van der Waals surface area contributed by atoms with Gasteiger partial charge >= 0.3 is 0 Å². The van der Waals surface area contributed by atoms with Gasteiger partial charge in [0, 0.05) is 48.2 Å². The summed E-state index contributed by atoms with van der Waals surface area (Å²) in [4.78, 5) is 5.88. The third-order valence-electron chi connectivity index (χ3n) is 7.74. The van der Waals surface area contributed by atoms with Gasteiger partial charge in [-0.2, -0.15) is 5.26 Å². The highest BCUT2D eigenvalue weighted by Gasteiger charge is 2.38. The monoisotopic (exact) mass is 598 g/mol. The molecule has 0 unspecified atom stereocenters. The van der Waals surface area contributed by atoms with Crippen LogP contribution in [-0.4, -0.2) is 99.4 Å². The molecule has 0 spiro atoms. The van der Waals surface area contributed by atoms with E-state index in [-0.39, 0.29) is 13.2 Å². The van der Waals surface area contributed by atoms with Gasteiger partial charge in [-0.15, -0.1) is 11.3 Å². The molecule has 218 valence electrons. The number of nitrogens with one attached hydrogen (secondary N) is 1. The fourth-order valence-corrected chi connectivity index (χ4v) is 7.35. The number of nitriles is 1. The number of aliphatic hydroxyl groups is 3. The number of thiophene rings is 1. The van der Waals surface area contributed by atoms with Crippen molar-refractivity contribution in [2.45, 2.75) is 31.3 Å². The largest absolute Gasteiger partial charge is 0.388 e. The van der Waals surface area contributed by atoms with Gasteiger partial charge in [0.25, 0.3) is 10.0 Å². The Morgan fingerprint density at radius 2 is 1.76 bits per heavy atom. The molecule has 2 aromatic carbocycles. The highest BCUT2D eigenvalue weighted by atomic mass is 32.2. The standard InChI is InChI=1S/C29H34N4O6S2/c1-18(27(15-30)41(37,38)31-16-24-29(36)28(35)23(34)17-39-24)25-7-8-26(40-25)21-4-3-20-14-22(6-5-19(20)13-21)33-11-9-32(2)10-12-33/h3-8,13-14,23-24,28-29,31,34-36H,9-12,16-17H2,1-2H3/b27-18+/t23-,24+,28+,29+/m0/s1. The quantitative estimate of drug-likeness (QED) is 0.300. The third kappa shape index (κ3) is 6.33. The van der Waals surface area contributed by atoms with Crippen molar-refractivity contribution in [3.05, 3.63) is 58.3 Å². The minimum absolute atomic E-state index is 0.241. The fraction of sp³-hybridized carbons (Fsp3) is 0.414. The van der Waals surface area contributed by atoms with Gasteiger partial charge in [-0.1, -0.05) is 18.2 Å². The van der Waals surface area contributed by atoms with Crippen LogP contribution in [0, 0.1) is 11.3 Å². The van der Waals surface area contributed by atoms with E-state index >= 15 is 0 Å². The Kier molecular flexibility index (Phi) is 8.79. The van der Waals surface area contributed by atoms with E-state index in [0.717, 1.165) is 47.4 Å². The van der Waals surface area contributed by atoms with Crippen molar-refractivity contribution in [2.75, 3.05) is 51.3 Å². The number of nitrogens with zero attached hydrogens (tertiary/aromatic N) is 3. The Bertz CT molecular complexity index is 1590. The second-order valence-electron chi connectivity index (χ2n) is 10.5. The van der Waals surface area contributed by atoms with Crippen molar-refractivity contribution >= 4 is 43.4 Å².